The first kappa shape index (κ1) is 21.0. The fourth-order valence-corrected chi connectivity index (χ4v) is 4.02. The molecule has 1 amide bonds. The van der Waals surface area contributed by atoms with E-state index in [2.05, 4.69) is 22.6 Å². The van der Waals surface area contributed by atoms with Crippen molar-refractivity contribution >= 4 is 11.6 Å². The molecule has 0 aromatic heterocycles. The highest BCUT2D eigenvalue weighted by Crippen LogP contribution is 2.36. The maximum atomic E-state index is 12.8. The van der Waals surface area contributed by atoms with Gasteiger partial charge in [0, 0.05) is 12.1 Å². The fraction of sp³-hybridized carbons (Fsp3) is 0.478. The second kappa shape index (κ2) is 10.1. The van der Waals surface area contributed by atoms with Gasteiger partial charge in [0.15, 0.2) is 17.2 Å². The van der Waals surface area contributed by atoms with E-state index >= 15 is 0 Å². The van der Waals surface area contributed by atoms with Crippen molar-refractivity contribution < 1.29 is 19.1 Å². The number of oxime groups is 1. The number of ether oxygens (including phenoxy) is 2. The maximum Gasteiger partial charge on any atom is 0.273 e. The minimum atomic E-state index is -0.218. The first-order valence-corrected chi connectivity index (χ1v) is 10.2. The lowest BCUT2D eigenvalue weighted by Gasteiger charge is -2.28. The Morgan fingerprint density at radius 2 is 2.00 bits per heavy atom. The van der Waals surface area contributed by atoms with Crippen LogP contribution in [0.1, 0.15) is 37.7 Å². The van der Waals surface area contributed by atoms with Crippen molar-refractivity contribution in [1.29, 1.82) is 0 Å². The number of hydrogen-bond donors (Lipinski definition) is 1. The molecule has 6 nitrogen and oxygen atoms in total. The van der Waals surface area contributed by atoms with Crippen LogP contribution >= 0.6 is 0 Å². The van der Waals surface area contributed by atoms with Crippen molar-refractivity contribution in [3.63, 3.8) is 0 Å². The van der Waals surface area contributed by atoms with Crippen molar-refractivity contribution in [2.45, 2.75) is 38.5 Å². The van der Waals surface area contributed by atoms with Crippen LogP contribution in [0.4, 0.5) is 0 Å². The molecule has 6 heteroatoms. The Morgan fingerprint density at radius 1 is 1.17 bits per heavy atom. The minimum absolute atomic E-state index is 0.218. The van der Waals surface area contributed by atoms with Crippen LogP contribution in [0.15, 0.2) is 46.7 Å². The van der Waals surface area contributed by atoms with Gasteiger partial charge in [-0.25, -0.2) is 0 Å². The summed E-state index contributed by atoms with van der Waals surface area (Å²) in [5.74, 6) is 1.78. The average molecular weight is 399 g/mol. The van der Waals surface area contributed by atoms with Crippen LogP contribution in [-0.2, 0) is 16.1 Å². The number of methoxy groups -OCH3 is 2. The fourth-order valence-electron chi connectivity index (χ4n) is 4.02. The Morgan fingerprint density at radius 3 is 2.76 bits per heavy atom. The molecule has 1 aromatic rings. The third kappa shape index (κ3) is 5.19. The summed E-state index contributed by atoms with van der Waals surface area (Å²) in [6.45, 7) is 0.490. The number of nitrogens with one attached hydrogen (secondary N) is 1. The second-order valence-electron chi connectivity index (χ2n) is 7.37. The molecule has 1 N–H and O–H groups in total. The van der Waals surface area contributed by atoms with Crippen LogP contribution in [-0.4, -0.2) is 39.5 Å². The molecule has 0 radical (unpaired) electrons. The summed E-state index contributed by atoms with van der Waals surface area (Å²) in [5.41, 5.74) is 3.70. The second-order valence-corrected chi connectivity index (χ2v) is 7.37. The molecule has 2 aliphatic carbocycles. The molecule has 0 saturated heterocycles. The molecule has 29 heavy (non-hydrogen) atoms. The monoisotopic (exact) mass is 398 g/mol. The zero-order valence-corrected chi connectivity index (χ0v) is 17.5. The maximum absolute atomic E-state index is 12.8. The van der Waals surface area contributed by atoms with Gasteiger partial charge in [-0.15, -0.1) is 0 Å². The highest BCUT2D eigenvalue weighted by Gasteiger charge is 2.25. The summed E-state index contributed by atoms with van der Waals surface area (Å²) in [7, 11) is 4.69. The molecule has 1 unspecified atom stereocenters. The quantitative estimate of drug-likeness (QED) is 0.534. The SMILES string of the molecule is CON=C(C(=O)NCCc1ccc(OC)c(OC)c1)C1=CCC2CCCCC2=C1. The number of nitrogens with zero attached hydrogens (tertiary/aromatic N) is 1. The number of fused-ring (bicyclic) bond motifs is 1. The van der Waals surface area contributed by atoms with Gasteiger partial charge >= 0.3 is 0 Å². The molecule has 0 heterocycles. The van der Waals surface area contributed by atoms with Crippen molar-refractivity contribution in [3.8, 4) is 11.5 Å². The summed E-state index contributed by atoms with van der Waals surface area (Å²) in [4.78, 5) is 17.7. The zero-order chi connectivity index (χ0) is 20.6. The van der Waals surface area contributed by atoms with E-state index in [0.29, 0.717) is 36.1 Å². The lowest BCUT2D eigenvalue weighted by molar-refractivity contribution is -0.114. The Hall–Kier alpha value is -2.76. The lowest BCUT2D eigenvalue weighted by atomic mass is 9.78. The van der Waals surface area contributed by atoms with E-state index in [9.17, 15) is 4.79 Å². The standard InChI is InChI=1S/C23H30N2O4/c1-27-20-11-8-16(14-21(20)28-2)12-13-24-23(26)22(25-29-3)19-10-9-17-6-4-5-7-18(17)15-19/h8,10-11,14-15,17H,4-7,9,12-13H2,1-3H3,(H,24,26). The van der Waals surface area contributed by atoms with Crippen molar-refractivity contribution in [2.24, 2.45) is 11.1 Å². The van der Waals surface area contributed by atoms with Gasteiger partial charge in [0.2, 0.25) is 0 Å². The lowest BCUT2D eigenvalue weighted by Crippen LogP contribution is -2.34. The van der Waals surface area contributed by atoms with E-state index in [1.807, 2.05) is 18.2 Å². The van der Waals surface area contributed by atoms with E-state index in [1.54, 1.807) is 14.2 Å². The van der Waals surface area contributed by atoms with Crippen molar-refractivity contribution in [1.82, 2.24) is 5.32 Å². The Kier molecular flexibility index (Phi) is 7.33. The number of allylic oxidation sites excluding steroid dienone is 3. The Balaban J connectivity index is 1.61. The van der Waals surface area contributed by atoms with Crippen LogP contribution in [0.3, 0.4) is 0 Å². The van der Waals surface area contributed by atoms with E-state index < -0.39 is 0 Å². The molecular formula is C23H30N2O4. The van der Waals surface area contributed by atoms with Crippen molar-refractivity contribution in [3.05, 3.63) is 47.1 Å². The summed E-state index contributed by atoms with van der Waals surface area (Å²) < 4.78 is 10.6. The minimum Gasteiger partial charge on any atom is -0.493 e. The van der Waals surface area contributed by atoms with Gasteiger partial charge in [-0.1, -0.05) is 35.4 Å². The number of amides is 1. The van der Waals surface area contributed by atoms with Crippen LogP contribution < -0.4 is 14.8 Å². The number of benzene rings is 1. The molecule has 2 aliphatic rings. The van der Waals surface area contributed by atoms with Gasteiger partial charge in [-0.2, -0.15) is 0 Å². The van der Waals surface area contributed by atoms with Crippen LogP contribution in [0.5, 0.6) is 11.5 Å². The normalized spacial score (nSPS) is 18.9. The molecule has 156 valence electrons. The molecule has 1 fully saturated rings. The third-order valence-electron chi connectivity index (χ3n) is 5.57. The first-order valence-electron chi connectivity index (χ1n) is 10.2. The van der Waals surface area contributed by atoms with E-state index in [4.69, 9.17) is 14.3 Å². The third-order valence-corrected chi connectivity index (χ3v) is 5.57. The summed E-state index contributed by atoms with van der Waals surface area (Å²) in [5, 5.41) is 6.98. The number of rotatable bonds is 8. The van der Waals surface area contributed by atoms with Gasteiger partial charge in [-0.05, 0) is 55.7 Å². The molecule has 3 rings (SSSR count). The molecule has 0 aliphatic heterocycles. The molecule has 1 atom stereocenters. The van der Waals surface area contributed by atoms with E-state index in [-0.39, 0.29) is 5.91 Å². The van der Waals surface area contributed by atoms with Gasteiger partial charge in [0.25, 0.3) is 5.91 Å². The first-order chi connectivity index (χ1) is 14.2. The highest BCUT2D eigenvalue weighted by atomic mass is 16.6. The van der Waals surface area contributed by atoms with E-state index in [0.717, 1.165) is 24.0 Å². The topological polar surface area (TPSA) is 69.2 Å². The number of hydrogen-bond acceptors (Lipinski definition) is 5. The van der Waals surface area contributed by atoms with E-state index in [1.165, 1.54) is 31.9 Å². The molecule has 1 saturated carbocycles. The highest BCUT2D eigenvalue weighted by molar-refractivity contribution is 6.46. The number of carbonyl (C=O) groups is 1. The van der Waals surface area contributed by atoms with Crippen LogP contribution in [0, 0.1) is 5.92 Å². The zero-order valence-electron chi connectivity index (χ0n) is 17.5. The van der Waals surface area contributed by atoms with Gasteiger partial charge in [-0.3, -0.25) is 4.79 Å². The molecule has 1 aromatic carbocycles. The van der Waals surface area contributed by atoms with Gasteiger partial charge in [0.05, 0.1) is 14.2 Å². The molecular weight excluding hydrogens is 368 g/mol. The average Bonchev–Trinajstić information content (AvgIpc) is 2.76. The number of carbonyl (C=O) groups excluding carboxylic acids is 1. The van der Waals surface area contributed by atoms with Crippen LogP contribution in [0.2, 0.25) is 0 Å². The van der Waals surface area contributed by atoms with Crippen LogP contribution in [0.25, 0.3) is 0 Å². The summed E-state index contributed by atoms with van der Waals surface area (Å²) >= 11 is 0. The molecule has 0 spiro atoms. The Bertz CT molecular complexity index is 826. The summed E-state index contributed by atoms with van der Waals surface area (Å²) in [6.07, 6.45) is 10.8. The van der Waals surface area contributed by atoms with Gasteiger partial charge < -0.3 is 19.6 Å². The largest absolute Gasteiger partial charge is 0.493 e. The molecule has 0 bridgehead atoms. The van der Waals surface area contributed by atoms with Crippen molar-refractivity contribution in [2.75, 3.05) is 27.9 Å². The smallest absolute Gasteiger partial charge is 0.273 e. The predicted molar refractivity (Wildman–Crippen MR) is 113 cm³/mol. The predicted octanol–water partition coefficient (Wildman–Crippen LogP) is 3.81. The summed E-state index contributed by atoms with van der Waals surface area (Å²) in [6, 6.07) is 5.76. The Labute approximate surface area is 172 Å². The van der Waals surface area contributed by atoms with Gasteiger partial charge in [0.1, 0.15) is 7.11 Å².